The van der Waals surface area contributed by atoms with E-state index < -0.39 is 0 Å². The first-order valence-electron chi connectivity index (χ1n) is 4.34. The van der Waals surface area contributed by atoms with Crippen LogP contribution in [0.5, 0.6) is 0 Å². The van der Waals surface area contributed by atoms with E-state index in [1.807, 2.05) is 12.1 Å². The molecule has 0 spiro atoms. The monoisotopic (exact) mass is 219 g/mol. The summed E-state index contributed by atoms with van der Waals surface area (Å²) in [5, 5.41) is 12.2. The van der Waals surface area contributed by atoms with Crippen LogP contribution < -0.4 is 5.32 Å². The quantitative estimate of drug-likeness (QED) is 0.797. The van der Waals surface area contributed by atoms with Gasteiger partial charge in [-0.2, -0.15) is 0 Å². The number of aliphatic hydroxyl groups is 1. The summed E-state index contributed by atoms with van der Waals surface area (Å²) in [6, 6.07) is 4.09. The van der Waals surface area contributed by atoms with Crippen LogP contribution in [0, 0.1) is 0 Å². The average Bonchev–Trinajstić information content (AvgIpc) is 2.53. The molecule has 0 unspecified atom stereocenters. The number of nitrogens with one attached hydrogen (secondary N) is 1. The molecule has 2 nitrogen and oxygen atoms in total. The minimum atomic E-state index is 0.190. The third-order valence-electron chi connectivity index (χ3n) is 1.91. The van der Waals surface area contributed by atoms with E-state index in [2.05, 4.69) is 12.2 Å². The van der Waals surface area contributed by atoms with E-state index in [0.29, 0.717) is 0 Å². The van der Waals surface area contributed by atoms with Gasteiger partial charge in [0.2, 0.25) is 0 Å². The van der Waals surface area contributed by atoms with Crippen LogP contribution in [-0.2, 0) is 6.54 Å². The Bertz CT molecular complexity index is 248. The van der Waals surface area contributed by atoms with Crippen LogP contribution in [0.15, 0.2) is 12.1 Å². The van der Waals surface area contributed by atoms with Crippen molar-refractivity contribution in [2.45, 2.75) is 25.9 Å². The Morgan fingerprint density at radius 2 is 2.38 bits per heavy atom. The van der Waals surface area contributed by atoms with Gasteiger partial charge in [-0.3, -0.25) is 0 Å². The molecule has 0 fully saturated rings. The molecule has 1 heterocycles. The molecule has 1 rings (SSSR count). The zero-order valence-corrected chi connectivity index (χ0v) is 9.16. The van der Waals surface area contributed by atoms with E-state index in [1.54, 1.807) is 11.3 Å². The first-order valence-corrected chi connectivity index (χ1v) is 5.54. The van der Waals surface area contributed by atoms with Gasteiger partial charge in [0.25, 0.3) is 0 Å². The molecule has 2 N–H and O–H groups in total. The van der Waals surface area contributed by atoms with E-state index in [9.17, 15) is 0 Å². The summed E-state index contributed by atoms with van der Waals surface area (Å²) in [7, 11) is 0. The van der Waals surface area contributed by atoms with Crippen LogP contribution in [0.3, 0.4) is 0 Å². The van der Waals surface area contributed by atoms with Gasteiger partial charge in [0.05, 0.1) is 10.9 Å². The highest BCUT2D eigenvalue weighted by Crippen LogP contribution is 2.21. The fraction of sp³-hybridized carbons (Fsp3) is 0.556. The van der Waals surface area contributed by atoms with E-state index in [0.717, 1.165) is 17.3 Å². The van der Waals surface area contributed by atoms with Crippen molar-refractivity contribution in [3.63, 3.8) is 0 Å². The van der Waals surface area contributed by atoms with Crippen molar-refractivity contribution < 1.29 is 5.11 Å². The van der Waals surface area contributed by atoms with Crippen molar-refractivity contribution in [1.29, 1.82) is 0 Å². The SMILES string of the molecule is CC[C@H](CO)NCc1ccc(Cl)s1. The Morgan fingerprint density at radius 3 is 2.85 bits per heavy atom. The number of rotatable bonds is 5. The van der Waals surface area contributed by atoms with Crippen molar-refractivity contribution in [3.05, 3.63) is 21.3 Å². The van der Waals surface area contributed by atoms with Crippen LogP contribution >= 0.6 is 22.9 Å². The lowest BCUT2D eigenvalue weighted by molar-refractivity contribution is 0.238. The summed E-state index contributed by atoms with van der Waals surface area (Å²) in [6.07, 6.45) is 0.940. The third-order valence-corrected chi connectivity index (χ3v) is 3.14. The summed E-state index contributed by atoms with van der Waals surface area (Å²) < 4.78 is 0.814. The van der Waals surface area contributed by atoms with E-state index in [4.69, 9.17) is 16.7 Å². The number of hydrogen-bond donors (Lipinski definition) is 2. The predicted molar refractivity (Wildman–Crippen MR) is 57.3 cm³/mol. The highest BCUT2D eigenvalue weighted by atomic mass is 35.5. The number of aliphatic hydroxyl groups excluding tert-OH is 1. The molecule has 0 saturated carbocycles. The lowest BCUT2D eigenvalue weighted by Crippen LogP contribution is -2.30. The predicted octanol–water partition coefficient (Wildman–Crippen LogP) is 2.26. The topological polar surface area (TPSA) is 32.3 Å². The molecule has 0 aromatic carbocycles. The molecule has 0 aliphatic carbocycles. The summed E-state index contributed by atoms with van der Waals surface area (Å²) in [4.78, 5) is 1.21. The zero-order chi connectivity index (χ0) is 9.68. The maximum absolute atomic E-state index is 8.92. The third kappa shape index (κ3) is 3.65. The smallest absolute Gasteiger partial charge is 0.0931 e. The Hall–Kier alpha value is -0.0900. The molecule has 1 aromatic heterocycles. The second-order valence-corrected chi connectivity index (χ2v) is 4.67. The van der Waals surface area contributed by atoms with Crippen molar-refractivity contribution in [1.82, 2.24) is 5.32 Å². The van der Waals surface area contributed by atoms with Gasteiger partial charge in [-0.05, 0) is 18.6 Å². The van der Waals surface area contributed by atoms with E-state index in [-0.39, 0.29) is 12.6 Å². The molecule has 74 valence electrons. The van der Waals surface area contributed by atoms with Crippen molar-refractivity contribution in [3.8, 4) is 0 Å². The average molecular weight is 220 g/mol. The fourth-order valence-corrected chi connectivity index (χ4v) is 2.07. The van der Waals surface area contributed by atoms with Gasteiger partial charge in [0, 0.05) is 17.5 Å². The highest BCUT2D eigenvalue weighted by molar-refractivity contribution is 7.16. The zero-order valence-electron chi connectivity index (χ0n) is 7.59. The van der Waals surface area contributed by atoms with Gasteiger partial charge in [-0.25, -0.2) is 0 Å². The van der Waals surface area contributed by atoms with Crippen LogP contribution in [0.1, 0.15) is 18.2 Å². The molecule has 13 heavy (non-hydrogen) atoms. The lowest BCUT2D eigenvalue weighted by atomic mass is 10.2. The molecule has 0 amide bonds. The van der Waals surface area contributed by atoms with Crippen molar-refractivity contribution >= 4 is 22.9 Å². The van der Waals surface area contributed by atoms with Crippen LogP contribution in [0.4, 0.5) is 0 Å². The Labute approximate surface area is 87.5 Å². The van der Waals surface area contributed by atoms with Crippen LogP contribution in [0.2, 0.25) is 4.34 Å². The molecular weight excluding hydrogens is 206 g/mol. The second kappa shape index (κ2) is 5.60. The van der Waals surface area contributed by atoms with Gasteiger partial charge < -0.3 is 10.4 Å². The van der Waals surface area contributed by atoms with Gasteiger partial charge in [0.15, 0.2) is 0 Å². The van der Waals surface area contributed by atoms with Gasteiger partial charge in [-0.1, -0.05) is 18.5 Å². The molecule has 4 heteroatoms. The standard InChI is InChI=1S/C9H14ClNOS/c1-2-7(6-12)11-5-8-3-4-9(10)13-8/h3-4,7,11-12H,2,5-6H2,1H3/t7-/m1/s1. The first kappa shape index (κ1) is 11.0. The highest BCUT2D eigenvalue weighted by Gasteiger charge is 2.04. The number of hydrogen-bond acceptors (Lipinski definition) is 3. The van der Waals surface area contributed by atoms with Gasteiger partial charge in [-0.15, -0.1) is 11.3 Å². The Balaban J connectivity index is 2.33. The first-order chi connectivity index (χ1) is 6.26. The molecule has 1 atom stereocenters. The van der Waals surface area contributed by atoms with Gasteiger partial charge >= 0.3 is 0 Å². The normalized spacial score (nSPS) is 13.2. The van der Waals surface area contributed by atoms with Crippen LogP contribution in [-0.4, -0.2) is 17.8 Å². The Morgan fingerprint density at radius 1 is 1.62 bits per heavy atom. The molecule has 0 saturated heterocycles. The maximum Gasteiger partial charge on any atom is 0.0931 e. The van der Waals surface area contributed by atoms with Crippen LogP contribution in [0.25, 0.3) is 0 Å². The van der Waals surface area contributed by atoms with Crippen molar-refractivity contribution in [2.24, 2.45) is 0 Å². The molecule has 0 bridgehead atoms. The summed E-state index contributed by atoms with van der Waals surface area (Å²) in [5.74, 6) is 0. The maximum atomic E-state index is 8.92. The minimum absolute atomic E-state index is 0.190. The number of thiophene rings is 1. The lowest BCUT2D eigenvalue weighted by Gasteiger charge is -2.12. The van der Waals surface area contributed by atoms with E-state index >= 15 is 0 Å². The molecular formula is C9H14ClNOS. The largest absolute Gasteiger partial charge is 0.395 e. The molecule has 0 aliphatic heterocycles. The summed E-state index contributed by atoms with van der Waals surface area (Å²) in [6.45, 7) is 3.03. The Kier molecular flexibility index (Phi) is 4.73. The molecule has 0 aliphatic rings. The molecule has 0 radical (unpaired) electrons. The minimum Gasteiger partial charge on any atom is -0.395 e. The van der Waals surface area contributed by atoms with Crippen molar-refractivity contribution in [2.75, 3.05) is 6.61 Å². The van der Waals surface area contributed by atoms with E-state index in [1.165, 1.54) is 4.88 Å². The summed E-state index contributed by atoms with van der Waals surface area (Å²) >= 11 is 7.36. The molecule has 1 aromatic rings. The fourth-order valence-electron chi connectivity index (χ4n) is 1.03. The van der Waals surface area contributed by atoms with Gasteiger partial charge in [0.1, 0.15) is 0 Å². The summed E-state index contributed by atoms with van der Waals surface area (Å²) in [5.41, 5.74) is 0. The number of halogens is 1. The second-order valence-electron chi connectivity index (χ2n) is 2.87.